The van der Waals surface area contributed by atoms with Gasteiger partial charge in [0.2, 0.25) is 10.0 Å². The molecule has 2 rings (SSSR count). The zero-order chi connectivity index (χ0) is 17.7. The number of carbonyl (C=O) groups is 1. The number of nitrogens with zero attached hydrogens (tertiary/aromatic N) is 1. The fraction of sp³-hybridized carbons (Fsp3) is 0.143. The van der Waals surface area contributed by atoms with E-state index in [-0.39, 0.29) is 15.9 Å². The lowest BCUT2D eigenvalue weighted by Crippen LogP contribution is -2.43. The molecule has 0 aliphatic carbocycles. The Hall–Kier alpha value is -2.01. The van der Waals surface area contributed by atoms with Gasteiger partial charge >= 0.3 is 0 Å². The van der Waals surface area contributed by atoms with Crippen LogP contribution in [0.25, 0.3) is 0 Å². The maximum atomic E-state index is 12.1. The van der Waals surface area contributed by atoms with Gasteiger partial charge < -0.3 is 5.32 Å². The molecule has 24 heavy (non-hydrogen) atoms. The molecule has 0 fully saturated rings. The topological polar surface area (TPSA) is 90.5 Å². The summed E-state index contributed by atoms with van der Waals surface area (Å²) in [6.45, 7) is 0. The molecule has 0 atom stereocenters. The predicted molar refractivity (Wildman–Crippen MR) is 98.5 cm³/mol. The zero-order valence-electron chi connectivity index (χ0n) is 12.9. The van der Waals surface area contributed by atoms with Crippen LogP contribution in [0, 0.1) is 0 Å². The Morgan fingerprint density at radius 1 is 1.17 bits per heavy atom. The van der Waals surface area contributed by atoms with Crippen molar-refractivity contribution in [3.05, 3.63) is 46.7 Å². The van der Waals surface area contributed by atoms with Gasteiger partial charge in [0.05, 0.1) is 9.77 Å². The van der Waals surface area contributed by atoms with E-state index in [2.05, 4.69) is 16.2 Å². The van der Waals surface area contributed by atoms with E-state index in [1.807, 2.05) is 0 Å². The summed E-state index contributed by atoms with van der Waals surface area (Å²) in [7, 11) is -0.609. The number of carbonyl (C=O) groups excluding carboxylic acids is 1. The van der Waals surface area contributed by atoms with Crippen LogP contribution >= 0.6 is 23.6 Å². The molecule has 3 N–H and O–H groups in total. The number of hydrogen-bond donors (Lipinski definition) is 3. The molecule has 1 aromatic carbocycles. The lowest BCUT2D eigenvalue weighted by molar-refractivity contribution is 0.0948. The molecule has 0 aliphatic heterocycles. The number of hydrazine groups is 1. The van der Waals surface area contributed by atoms with Crippen molar-refractivity contribution >= 4 is 50.3 Å². The van der Waals surface area contributed by atoms with Crippen molar-refractivity contribution < 1.29 is 13.2 Å². The third-order valence-electron chi connectivity index (χ3n) is 2.91. The first kappa shape index (κ1) is 18.3. The largest absolute Gasteiger partial charge is 0.331 e. The summed E-state index contributed by atoms with van der Waals surface area (Å²) < 4.78 is 25.3. The van der Waals surface area contributed by atoms with Crippen molar-refractivity contribution in [2.45, 2.75) is 4.90 Å². The molecule has 0 saturated carbocycles. The van der Waals surface area contributed by atoms with Crippen molar-refractivity contribution in [1.29, 1.82) is 0 Å². The number of nitrogens with one attached hydrogen (secondary N) is 3. The van der Waals surface area contributed by atoms with Crippen LogP contribution < -0.4 is 16.2 Å². The van der Waals surface area contributed by atoms with Crippen LogP contribution in [0.2, 0.25) is 0 Å². The number of thiocarbonyl (C=S) groups is 1. The molecule has 128 valence electrons. The SMILES string of the molecule is CN(C)S(=O)(=O)c1cccc(NC(=S)NNC(=O)c2cccs2)c1. The molecule has 0 unspecified atom stereocenters. The van der Waals surface area contributed by atoms with Crippen LogP contribution in [0.5, 0.6) is 0 Å². The predicted octanol–water partition coefficient (Wildman–Crippen LogP) is 1.63. The Morgan fingerprint density at radius 3 is 2.54 bits per heavy atom. The number of anilines is 1. The van der Waals surface area contributed by atoms with E-state index in [0.717, 1.165) is 4.31 Å². The van der Waals surface area contributed by atoms with Crippen LogP contribution in [-0.4, -0.2) is 37.8 Å². The molecule has 1 aromatic heterocycles. The average Bonchev–Trinajstić information content (AvgIpc) is 3.07. The van der Waals surface area contributed by atoms with Crippen molar-refractivity contribution in [3.63, 3.8) is 0 Å². The van der Waals surface area contributed by atoms with Crippen molar-refractivity contribution in [3.8, 4) is 0 Å². The van der Waals surface area contributed by atoms with Gasteiger partial charge in [-0.25, -0.2) is 12.7 Å². The molecule has 0 radical (unpaired) electrons. The molecular weight excluding hydrogens is 368 g/mol. The van der Waals surface area contributed by atoms with Crippen LogP contribution in [0.15, 0.2) is 46.7 Å². The van der Waals surface area contributed by atoms with Gasteiger partial charge in [0.15, 0.2) is 5.11 Å². The van der Waals surface area contributed by atoms with E-state index in [4.69, 9.17) is 12.2 Å². The first-order chi connectivity index (χ1) is 11.3. The molecule has 0 bridgehead atoms. The first-order valence-corrected chi connectivity index (χ1v) is 9.47. The summed E-state index contributed by atoms with van der Waals surface area (Å²) in [5, 5.41) is 4.75. The number of sulfonamides is 1. The molecule has 7 nitrogen and oxygen atoms in total. The number of rotatable bonds is 4. The molecule has 1 amide bonds. The quantitative estimate of drug-likeness (QED) is 0.548. The van der Waals surface area contributed by atoms with Gasteiger partial charge in [-0.15, -0.1) is 11.3 Å². The van der Waals surface area contributed by atoms with Gasteiger partial charge in [0.1, 0.15) is 0 Å². The highest BCUT2D eigenvalue weighted by Gasteiger charge is 2.17. The Morgan fingerprint density at radius 2 is 1.92 bits per heavy atom. The van der Waals surface area contributed by atoms with Gasteiger partial charge in [0.25, 0.3) is 5.91 Å². The van der Waals surface area contributed by atoms with Crippen molar-refractivity contribution in [2.24, 2.45) is 0 Å². The van der Waals surface area contributed by atoms with Crippen molar-refractivity contribution in [1.82, 2.24) is 15.2 Å². The first-order valence-electron chi connectivity index (χ1n) is 6.74. The van der Waals surface area contributed by atoms with E-state index in [9.17, 15) is 13.2 Å². The Bertz CT molecular complexity index is 833. The van der Waals surface area contributed by atoms with E-state index in [1.54, 1.807) is 29.6 Å². The Balaban J connectivity index is 1.98. The second-order valence-corrected chi connectivity index (χ2v) is 8.33. The summed E-state index contributed by atoms with van der Waals surface area (Å²) in [4.78, 5) is 12.5. The van der Waals surface area contributed by atoms with Crippen LogP contribution in [0.1, 0.15) is 9.67 Å². The molecule has 1 heterocycles. The second-order valence-electron chi connectivity index (χ2n) is 4.83. The van der Waals surface area contributed by atoms with E-state index < -0.39 is 10.0 Å². The van der Waals surface area contributed by atoms with Gasteiger partial charge in [-0.05, 0) is 41.9 Å². The summed E-state index contributed by atoms with van der Waals surface area (Å²) >= 11 is 6.39. The fourth-order valence-electron chi connectivity index (χ4n) is 1.69. The number of amides is 1. The van der Waals surface area contributed by atoms with Gasteiger partial charge in [-0.1, -0.05) is 12.1 Å². The highest BCUT2D eigenvalue weighted by molar-refractivity contribution is 7.89. The number of benzene rings is 1. The lowest BCUT2D eigenvalue weighted by atomic mass is 10.3. The highest BCUT2D eigenvalue weighted by Crippen LogP contribution is 2.17. The van der Waals surface area contributed by atoms with Gasteiger partial charge in [-0.2, -0.15) is 0 Å². The minimum Gasteiger partial charge on any atom is -0.331 e. The molecular formula is C14H16N4O3S3. The summed E-state index contributed by atoms with van der Waals surface area (Å²) in [5.74, 6) is -0.307. The Kier molecular flexibility index (Phi) is 5.89. The second kappa shape index (κ2) is 7.71. The smallest absolute Gasteiger partial charge is 0.279 e. The molecule has 2 aromatic rings. The minimum absolute atomic E-state index is 0.138. The molecule has 0 spiro atoms. The third-order valence-corrected chi connectivity index (χ3v) is 5.79. The van der Waals surface area contributed by atoms with Crippen LogP contribution in [0.3, 0.4) is 0 Å². The lowest BCUT2D eigenvalue weighted by Gasteiger charge is -2.14. The zero-order valence-corrected chi connectivity index (χ0v) is 15.4. The maximum absolute atomic E-state index is 12.1. The summed E-state index contributed by atoms with van der Waals surface area (Å²) in [6, 6.07) is 9.69. The van der Waals surface area contributed by atoms with Crippen LogP contribution in [-0.2, 0) is 10.0 Å². The van der Waals surface area contributed by atoms with Crippen molar-refractivity contribution in [2.75, 3.05) is 19.4 Å². The molecule has 10 heteroatoms. The van der Waals surface area contributed by atoms with E-state index in [0.29, 0.717) is 10.6 Å². The normalized spacial score (nSPS) is 11.1. The molecule has 0 aliphatic rings. The summed E-state index contributed by atoms with van der Waals surface area (Å²) in [5.41, 5.74) is 5.51. The highest BCUT2D eigenvalue weighted by atomic mass is 32.2. The number of thiophene rings is 1. The fourth-order valence-corrected chi connectivity index (χ4v) is 3.43. The monoisotopic (exact) mass is 384 g/mol. The molecule has 0 saturated heterocycles. The number of hydrogen-bond acceptors (Lipinski definition) is 5. The standard InChI is InChI=1S/C14H16N4O3S3/c1-18(2)24(20,21)11-6-3-5-10(9-11)15-14(22)17-16-13(19)12-7-4-8-23-12/h3-9H,1-2H3,(H,16,19)(H2,15,17,22). The minimum atomic E-state index is -3.53. The third kappa shape index (κ3) is 4.51. The van der Waals surface area contributed by atoms with E-state index >= 15 is 0 Å². The van der Waals surface area contributed by atoms with Gasteiger partial charge in [0, 0.05) is 19.8 Å². The van der Waals surface area contributed by atoms with Gasteiger partial charge in [-0.3, -0.25) is 15.6 Å². The van der Waals surface area contributed by atoms with E-state index in [1.165, 1.54) is 37.6 Å². The maximum Gasteiger partial charge on any atom is 0.279 e. The average molecular weight is 385 g/mol. The van der Waals surface area contributed by atoms with Crippen LogP contribution in [0.4, 0.5) is 5.69 Å². The summed E-state index contributed by atoms with van der Waals surface area (Å²) in [6.07, 6.45) is 0. The Labute approximate surface area is 149 Å².